The van der Waals surface area contributed by atoms with E-state index in [1.165, 1.54) is 11.0 Å². The Balaban J connectivity index is 1.16. The van der Waals surface area contributed by atoms with E-state index >= 15 is 0 Å². The molecule has 3 aliphatic rings. The summed E-state index contributed by atoms with van der Waals surface area (Å²) in [5.74, 6) is -0.975. The van der Waals surface area contributed by atoms with Crippen LogP contribution in [-0.2, 0) is 11.2 Å². The van der Waals surface area contributed by atoms with Gasteiger partial charge in [-0.1, -0.05) is 78.9 Å². The first-order valence-corrected chi connectivity index (χ1v) is 15.0. The summed E-state index contributed by atoms with van der Waals surface area (Å²) in [6.45, 7) is -0.212. The van der Waals surface area contributed by atoms with Gasteiger partial charge in [0.05, 0.1) is 23.5 Å². The van der Waals surface area contributed by atoms with Crippen LogP contribution >= 0.6 is 0 Å². The molecule has 2 fully saturated rings. The van der Waals surface area contributed by atoms with Crippen LogP contribution in [-0.4, -0.2) is 79.2 Å². The molecule has 0 bridgehead atoms. The molecule has 3 atom stereocenters. The smallest absolute Gasteiger partial charge is 0.324 e. The van der Waals surface area contributed by atoms with Crippen LogP contribution in [0.25, 0.3) is 0 Å². The van der Waals surface area contributed by atoms with Crippen molar-refractivity contribution in [1.29, 1.82) is 0 Å². The molecule has 3 N–H and O–H groups in total. The predicted octanol–water partition coefficient (Wildman–Crippen LogP) is 3.15. The predicted molar refractivity (Wildman–Crippen MR) is 162 cm³/mol. The maximum atomic E-state index is 13.7. The highest BCUT2D eigenvalue weighted by atomic mass is 19.4. The number of benzodiazepines with no additional fused rings is 1. The van der Waals surface area contributed by atoms with Crippen LogP contribution in [0, 0.1) is 0 Å². The molecule has 3 aromatic carbocycles. The van der Waals surface area contributed by atoms with Crippen molar-refractivity contribution in [3.8, 4) is 0 Å². The lowest BCUT2D eigenvalue weighted by Crippen LogP contribution is -3.17. The van der Waals surface area contributed by atoms with Crippen molar-refractivity contribution in [3.05, 3.63) is 102 Å². The number of benzene rings is 3. The Morgan fingerprint density at radius 1 is 0.933 bits per heavy atom. The molecular weight excluding hydrogens is 585 g/mol. The van der Waals surface area contributed by atoms with Gasteiger partial charge in [-0.3, -0.25) is 15.0 Å². The lowest BCUT2D eigenvalue weighted by atomic mass is 10.0. The maximum absolute atomic E-state index is 13.7. The number of nitrogens with one attached hydrogen (secondary N) is 3. The number of amides is 5. The number of urea groups is 2. The van der Waals surface area contributed by atoms with Crippen LogP contribution in [0.1, 0.15) is 29.5 Å². The zero-order valence-corrected chi connectivity index (χ0v) is 24.5. The molecule has 0 radical (unpaired) electrons. The molecule has 3 aliphatic heterocycles. The number of quaternary nitrogens is 1. The largest absolute Gasteiger partial charge is 0.415 e. The summed E-state index contributed by atoms with van der Waals surface area (Å²) < 4.78 is 41.1. The van der Waals surface area contributed by atoms with Gasteiger partial charge < -0.3 is 10.2 Å². The molecule has 0 aliphatic carbocycles. The van der Waals surface area contributed by atoms with Crippen molar-refractivity contribution in [2.24, 2.45) is 4.99 Å². The Morgan fingerprint density at radius 2 is 1.58 bits per heavy atom. The van der Waals surface area contributed by atoms with Crippen LogP contribution in [0.4, 0.5) is 28.4 Å². The number of carbonyl (C=O) groups excluding carboxylic acids is 3. The van der Waals surface area contributed by atoms with Crippen molar-refractivity contribution >= 4 is 29.4 Å². The summed E-state index contributed by atoms with van der Waals surface area (Å²) in [6.07, 6.45) is -4.38. The van der Waals surface area contributed by atoms with Crippen LogP contribution in [0.5, 0.6) is 0 Å². The summed E-state index contributed by atoms with van der Waals surface area (Å²) in [6, 6.07) is 24.5. The molecule has 6 rings (SSSR count). The molecule has 2 saturated heterocycles. The molecule has 0 spiro atoms. The van der Waals surface area contributed by atoms with Gasteiger partial charge in [0.25, 0.3) is 5.91 Å². The SMILES string of the molecule is O=C(N[C@@H]1N=C(c2ccccc2)c2ccccc2N(CC(F)(F)F)C1=O)N1CCC([NH+]2CC(Cc3ccccc3)NC2=O)CC1. The third-order valence-corrected chi connectivity index (χ3v) is 8.55. The van der Waals surface area contributed by atoms with E-state index in [4.69, 9.17) is 0 Å². The first kappa shape index (κ1) is 30.3. The van der Waals surface area contributed by atoms with Gasteiger partial charge in [0.1, 0.15) is 13.1 Å². The average molecular weight is 620 g/mol. The van der Waals surface area contributed by atoms with E-state index in [0.29, 0.717) is 54.2 Å². The first-order chi connectivity index (χ1) is 21.7. The topological polar surface area (TPSA) is 98.6 Å². The van der Waals surface area contributed by atoms with Crippen LogP contribution in [0.2, 0.25) is 0 Å². The number of alkyl halides is 3. The third-order valence-electron chi connectivity index (χ3n) is 8.55. The van der Waals surface area contributed by atoms with E-state index in [2.05, 4.69) is 15.6 Å². The zero-order chi connectivity index (χ0) is 31.6. The van der Waals surface area contributed by atoms with Crippen LogP contribution in [0.3, 0.4) is 0 Å². The molecule has 2 unspecified atom stereocenters. The second-order valence-corrected chi connectivity index (χ2v) is 11.6. The first-order valence-electron chi connectivity index (χ1n) is 15.0. The highest BCUT2D eigenvalue weighted by Gasteiger charge is 2.43. The summed E-state index contributed by atoms with van der Waals surface area (Å²) in [7, 11) is 0. The van der Waals surface area contributed by atoms with Gasteiger partial charge >= 0.3 is 18.2 Å². The number of hydrogen-bond donors (Lipinski definition) is 3. The van der Waals surface area contributed by atoms with Gasteiger partial charge in [0, 0.05) is 37.1 Å². The fourth-order valence-corrected chi connectivity index (χ4v) is 6.39. The summed E-state index contributed by atoms with van der Waals surface area (Å²) in [5, 5.41) is 5.70. The molecule has 45 heavy (non-hydrogen) atoms. The molecule has 234 valence electrons. The monoisotopic (exact) mass is 619 g/mol. The normalized spacial score (nSPS) is 22.4. The number of anilines is 1. The van der Waals surface area contributed by atoms with Crippen molar-refractivity contribution in [1.82, 2.24) is 15.5 Å². The zero-order valence-electron chi connectivity index (χ0n) is 24.5. The Bertz CT molecular complexity index is 1580. The number of aliphatic imine (C=N–C) groups is 1. The minimum Gasteiger partial charge on any atom is -0.324 e. The van der Waals surface area contributed by atoms with Gasteiger partial charge in [0.15, 0.2) is 0 Å². The van der Waals surface area contributed by atoms with E-state index < -0.39 is 30.8 Å². The molecule has 3 heterocycles. The minimum absolute atomic E-state index is 0.0221. The molecular formula is C33H34F3N6O3+. The van der Waals surface area contributed by atoms with E-state index in [0.717, 1.165) is 16.9 Å². The van der Waals surface area contributed by atoms with Crippen molar-refractivity contribution in [2.45, 2.75) is 43.7 Å². The van der Waals surface area contributed by atoms with Gasteiger partial charge in [-0.05, 0) is 18.1 Å². The Kier molecular flexibility index (Phi) is 8.57. The van der Waals surface area contributed by atoms with Crippen molar-refractivity contribution < 1.29 is 32.5 Å². The van der Waals surface area contributed by atoms with E-state index in [9.17, 15) is 27.6 Å². The van der Waals surface area contributed by atoms with Gasteiger partial charge in [-0.2, -0.15) is 13.2 Å². The van der Waals surface area contributed by atoms with Gasteiger partial charge in [0.2, 0.25) is 6.17 Å². The van der Waals surface area contributed by atoms with Crippen LogP contribution < -0.4 is 20.4 Å². The number of piperidine rings is 1. The fraction of sp³-hybridized carbons (Fsp3) is 0.333. The Hall–Kier alpha value is -4.71. The Morgan fingerprint density at radius 3 is 2.27 bits per heavy atom. The lowest BCUT2D eigenvalue weighted by Gasteiger charge is -2.34. The molecule has 0 aromatic heterocycles. The highest BCUT2D eigenvalue weighted by molar-refractivity contribution is 6.20. The number of para-hydroxylation sites is 1. The molecule has 12 heteroatoms. The van der Waals surface area contributed by atoms with Gasteiger partial charge in [-0.15, -0.1) is 0 Å². The standard InChI is InChI=1S/C33H33F3N6O3/c34-33(35,36)21-42-27-14-8-7-13-26(27)28(23-11-5-2-6-12-23)38-29(30(42)43)39-31(44)40-17-15-25(16-18-40)41-20-24(37-32(41)45)19-22-9-3-1-4-10-22/h1-14,24-25,29H,15-21H2,(H,37,45)(H,39,44)/p+1/t24?,29-/m0/s1. The van der Waals surface area contributed by atoms with Crippen molar-refractivity contribution in [3.63, 3.8) is 0 Å². The number of halogens is 3. The highest BCUT2D eigenvalue weighted by Crippen LogP contribution is 2.31. The minimum atomic E-state index is -4.68. The van der Waals surface area contributed by atoms with E-state index in [1.807, 2.05) is 30.3 Å². The third kappa shape index (κ3) is 6.85. The average Bonchev–Trinajstić information content (AvgIpc) is 3.36. The lowest BCUT2D eigenvalue weighted by molar-refractivity contribution is -0.836. The molecule has 0 saturated carbocycles. The summed E-state index contributed by atoms with van der Waals surface area (Å²) in [5.41, 5.74) is 2.48. The summed E-state index contributed by atoms with van der Waals surface area (Å²) in [4.78, 5) is 47.5. The number of hydrogen-bond acceptors (Lipinski definition) is 4. The molecule has 5 amide bonds. The van der Waals surface area contributed by atoms with Crippen molar-refractivity contribution in [2.75, 3.05) is 31.1 Å². The summed E-state index contributed by atoms with van der Waals surface area (Å²) >= 11 is 0. The van der Waals surface area contributed by atoms with Crippen LogP contribution in [0.15, 0.2) is 89.9 Å². The quantitative estimate of drug-likeness (QED) is 0.396. The van der Waals surface area contributed by atoms with E-state index in [-0.39, 0.29) is 23.8 Å². The number of likely N-dealkylation sites (tertiary alicyclic amines) is 1. The molecule has 9 nitrogen and oxygen atoms in total. The number of nitrogens with zero attached hydrogens (tertiary/aromatic N) is 3. The Labute approximate surface area is 258 Å². The van der Waals surface area contributed by atoms with Gasteiger partial charge in [-0.25, -0.2) is 19.5 Å². The second kappa shape index (κ2) is 12.7. The maximum Gasteiger partial charge on any atom is 0.415 e. The molecule has 3 aromatic rings. The number of carbonyl (C=O) groups is 3. The number of fused-ring (bicyclic) bond motifs is 1. The number of rotatable bonds is 6. The second-order valence-electron chi connectivity index (χ2n) is 11.6. The van der Waals surface area contributed by atoms with E-state index in [1.54, 1.807) is 48.5 Å². The fourth-order valence-electron chi connectivity index (χ4n) is 6.39.